The topological polar surface area (TPSA) is 92.7 Å². The van der Waals surface area contributed by atoms with Gasteiger partial charge in [-0.3, -0.25) is 9.13 Å². The van der Waals surface area contributed by atoms with Gasteiger partial charge in [0.05, 0.1) is 22.6 Å². The second kappa shape index (κ2) is 9.05. The van der Waals surface area contributed by atoms with E-state index in [1.54, 1.807) is 50.0 Å². The van der Waals surface area contributed by atoms with Gasteiger partial charge in [-0.1, -0.05) is 0 Å². The van der Waals surface area contributed by atoms with Crippen molar-refractivity contribution in [2.24, 2.45) is 0 Å². The molecule has 2 atom stereocenters. The molecular formula is C28H31F2N7O. The van der Waals surface area contributed by atoms with Crippen LogP contribution in [0.25, 0.3) is 17.2 Å². The van der Waals surface area contributed by atoms with Crippen LogP contribution in [0.4, 0.5) is 14.5 Å². The van der Waals surface area contributed by atoms with E-state index in [0.29, 0.717) is 34.4 Å². The zero-order valence-corrected chi connectivity index (χ0v) is 21.5. The Balaban J connectivity index is 0.00000308. The highest BCUT2D eigenvalue weighted by atomic mass is 19.1. The lowest BCUT2D eigenvalue weighted by Crippen LogP contribution is -2.43. The third kappa shape index (κ3) is 3.62. The molecule has 2 aliphatic rings. The van der Waals surface area contributed by atoms with Gasteiger partial charge < -0.3 is 16.0 Å². The van der Waals surface area contributed by atoms with Crippen LogP contribution in [0.2, 0.25) is 0 Å². The van der Waals surface area contributed by atoms with Gasteiger partial charge in [0.25, 0.3) is 0 Å². The summed E-state index contributed by atoms with van der Waals surface area (Å²) >= 11 is 0. The molecule has 0 spiro atoms. The Kier molecular flexibility index (Phi) is 5.79. The first-order chi connectivity index (χ1) is 18.3. The standard InChI is InChI=1S/C28H29F2N7O.H2/c1-15-11-18(12-16(2)25(15)29)37-27(24-21-6-4-5-17(33-21)13-22(24)34-37)36-10-9-35(28(36)38)23-8-7-20(32-3)19(14-31)26(23)30;/h7-12,14,17,21,31-33H,4-6,13H2,1-3H3;1H. The molecule has 8 nitrogen and oxygen atoms in total. The van der Waals surface area contributed by atoms with Crippen LogP contribution < -0.4 is 16.3 Å². The monoisotopic (exact) mass is 519 g/mol. The van der Waals surface area contributed by atoms with Gasteiger partial charge in [-0.2, -0.15) is 5.10 Å². The number of anilines is 1. The van der Waals surface area contributed by atoms with Gasteiger partial charge in [0.2, 0.25) is 0 Å². The first-order valence-electron chi connectivity index (χ1n) is 12.8. The van der Waals surface area contributed by atoms with Crippen LogP contribution >= 0.6 is 0 Å². The second-order valence-corrected chi connectivity index (χ2v) is 10.1. The number of benzene rings is 2. The molecule has 4 aromatic rings. The van der Waals surface area contributed by atoms with E-state index in [0.717, 1.165) is 43.2 Å². The molecule has 4 heterocycles. The van der Waals surface area contributed by atoms with E-state index in [4.69, 9.17) is 10.5 Å². The Labute approximate surface area is 219 Å². The lowest BCUT2D eigenvalue weighted by atomic mass is 9.85. The molecule has 198 valence electrons. The molecular weight excluding hydrogens is 488 g/mol. The number of piperidine rings is 1. The first kappa shape index (κ1) is 24.3. The van der Waals surface area contributed by atoms with Crippen LogP contribution in [0.5, 0.6) is 0 Å². The molecule has 0 amide bonds. The predicted molar refractivity (Wildman–Crippen MR) is 145 cm³/mol. The fourth-order valence-electron chi connectivity index (χ4n) is 5.92. The molecule has 2 aliphatic heterocycles. The van der Waals surface area contributed by atoms with Crippen LogP contribution in [0.3, 0.4) is 0 Å². The van der Waals surface area contributed by atoms with Crippen LogP contribution in [0.1, 0.15) is 54.7 Å². The minimum Gasteiger partial charge on any atom is -0.388 e. The summed E-state index contributed by atoms with van der Waals surface area (Å²) in [5.74, 6) is -0.356. The number of hydrogen-bond acceptors (Lipinski definition) is 5. The van der Waals surface area contributed by atoms with Crippen molar-refractivity contribution in [3.05, 3.63) is 86.7 Å². The van der Waals surface area contributed by atoms with Crippen molar-refractivity contribution in [1.29, 1.82) is 5.41 Å². The van der Waals surface area contributed by atoms with Gasteiger partial charge in [0.1, 0.15) is 11.6 Å². The zero-order valence-electron chi connectivity index (χ0n) is 21.5. The fraction of sp³-hybridized carbons (Fsp3) is 0.321. The molecule has 2 unspecified atom stereocenters. The fourth-order valence-corrected chi connectivity index (χ4v) is 5.92. The second-order valence-electron chi connectivity index (χ2n) is 10.1. The normalized spacial score (nSPS) is 18.3. The van der Waals surface area contributed by atoms with E-state index in [1.165, 1.54) is 21.4 Å². The quantitative estimate of drug-likeness (QED) is 0.332. The molecule has 2 aromatic carbocycles. The van der Waals surface area contributed by atoms with E-state index in [9.17, 15) is 9.18 Å². The van der Waals surface area contributed by atoms with E-state index < -0.39 is 11.5 Å². The molecule has 2 aromatic heterocycles. The van der Waals surface area contributed by atoms with Gasteiger partial charge in [-0.05, 0) is 68.5 Å². The van der Waals surface area contributed by atoms with E-state index in [-0.39, 0.29) is 24.5 Å². The third-order valence-corrected chi connectivity index (χ3v) is 7.75. The average molecular weight is 520 g/mol. The maximum atomic E-state index is 15.4. The Bertz CT molecular complexity index is 1630. The molecule has 3 N–H and O–H groups in total. The number of nitrogens with zero attached hydrogens (tertiary/aromatic N) is 4. The summed E-state index contributed by atoms with van der Waals surface area (Å²) in [7, 11) is 1.65. The van der Waals surface area contributed by atoms with Crippen LogP contribution in [-0.4, -0.2) is 38.2 Å². The number of halogens is 2. The molecule has 2 bridgehead atoms. The number of aryl methyl sites for hydroxylation is 2. The molecule has 0 aliphatic carbocycles. The Morgan fingerprint density at radius 2 is 1.87 bits per heavy atom. The molecule has 6 rings (SSSR count). The lowest BCUT2D eigenvalue weighted by molar-refractivity contribution is 0.300. The summed E-state index contributed by atoms with van der Waals surface area (Å²) in [4.78, 5) is 13.9. The summed E-state index contributed by atoms with van der Waals surface area (Å²) in [6.45, 7) is 3.43. The highest BCUT2D eigenvalue weighted by Crippen LogP contribution is 2.38. The molecule has 0 saturated carbocycles. The first-order valence-corrected chi connectivity index (χ1v) is 12.8. The van der Waals surface area contributed by atoms with Gasteiger partial charge in [0, 0.05) is 56.8 Å². The minimum absolute atomic E-state index is 0. The summed E-state index contributed by atoms with van der Waals surface area (Å²) in [5.41, 5.74) is 3.64. The van der Waals surface area contributed by atoms with Gasteiger partial charge in [-0.15, -0.1) is 0 Å². The summed E-state index contributed by atoms with van der Waals surface area (Å²) in [5, 5.41) is 19.2. The summed E-state index contributed by atoms with van der Waals surface area (Å²) < 4.78 is 34.4. The maximum absolute atomic E-state index is 15.4. The number of rotatable bonds is 5. The zero-order chi connectivity index (χ0) is 26.7. The van der Waals surface area contributed by atoms with E-state index >= 15 is 4.39 Å². The van der Waals surface area contributed by atoms with Gasteiger partial charge in [0.15, 0.2) is 5.82 Å². The smallest absolute Gasteiger partial charge is 0.338 e. The van der Waals surface area contributed by atoms with E-state index in [2.05, 4.69) is 10.6 Å². The van der Waals surface area contributed by atoms with Crippen molar-refractivity contribution < 1.29 is 10.2 Å². The van der Waals surface area contributed by atoms with Crippen LogP contribution in [0, 0.1) is 30.9 Å². The number of fused-ring (bicyclic) bond motifs is 4. The summed E-state index contributed by atoms with van der Waals surface area (Å²) in [6.07, 6.45) is 7.88. The molecule has 1 saturated heterocycles. The molecule has 10 heteroatoms. The van der Waals surface area contributed by atoms with Crippen LogP contribution in [-0.2, 0) is 6.42 Å². The van der Waals surface area contributed by atoms with Crippen molar-refractivity contribution in [3.8, 4) is 17.2 Å². The highest BCUT2D eigenvalue weighted by Gasteiger charge is 2.36. The highest BCUT2D eigenvalue weighted by molar-refractivity contribution is 5.87. The van der Waals surface area contributed by atoms with Gasteiger partial charge >= 0.3 is 5.69 Å². The van der Waals surface area contributed by atoms with Gasteiger partial charge in [-0.25, -0.2) is 18.3 Å². The molecule has 1 fully saturated rings. The lowest BCUT2D eigenvalue weighted by Gasteiger charge is -2.35. The average Bonchev–Trinajstić information content (AvgIpc) is 3.47. The molecule has 0 radical (unpaired) electrons. The summed E-state index contributed by atoms with van der Waals surface area (Å²) in [6, 6.07) is 7.00. The van der Waals surface area contributed by atoms with Crippen LogP contribution in [0.15, 0.2) is 41.5 Å². The third-order valence-electron chi connectivity index (χ3n) is 7.75. The Morgan fingerprint density at radius 1 is 1.13 bits per heavy atom. The Hall–Kier alpha value is -4.05. The number of hydrogen-bond donors (Lipinski definition) is 3. The van der Waals surface area contributed by atoms with Crippen molar-refractivity contribution in [2.75, 3.05) is 12.4 Å². The SMILES string of the molecule is CNc1ccc(-n2ccn(-c3c4c(nn3-c3cc(C)c(F)c(C)c3)CC3CCCC4N3)c2=O)c(F)c1C=N.[HH]. The van der Waals surface area contributed by atoms with Crippen molar-refractivity contribution in [2.45, 2.75) is 51.6 Å². The maximum Gasteiger partial charge on any atom is 0.338 e. The Morgan fingerprint density at radius 3 is 2.58 bits per heavy atom. The van der Waals surface area contributed by atoms with Crippen molar-refractivity contribution in [1.82, 2.24) is 24.2 Å². The molecule has 38 heavy (non-hydrogen) atoms. The number of aromatic nitrogens is 4. The largest absolute Gasteiger partial charge is 0.388 e. The number of nitrogens with one attached hydrogen (secondary N) is 3. The minimum atomic E-state index is -0.663. The van der Waals surface area contributed by atoms with Crippen molar-refractivity contribution in [3.63, 3.8) is 0 Å². The van der Waals surface area contributed by atoms with Crippen molar-refractivity contribution >= 4 is 11.9 Å². The predicted octanol–water partition coefficient (Wildman–Crippen LogP) is 4.73. The van der Waals surface area contributed by atoms with E-state index in [1.807, 2.05) is 0 Å². The number of imidazole rings is 1.